The molecule has 1 heterocycles. The standard InChI is InChI=1S/C20H25N3OS/c1-12(25-19-21-16-4-2-3-5-17(16)22-19)18(24)23-20-9-13-6-14(10-20)8-15(7-13)11-20/h2-5,12-15H,6-11H2,1H3,(H,21,22)(H,23,24)/t12-,13?,14?,15?,20?/m1/s1. The number of thioether (sulfide) groups is 1. The largest absolute Gasteiger partial charge is 0.350 e. The van der Waals surface area contributed by atoms with Gasteiger partial charge in [0.2, 0.25) is 5.91 Å². The minimum Gasteiger partial charge on any atom is -0.350 e. The average molecular weight is 356 g/mol. The van der Waals surface area contributed by atoms with Crippen molar-refractivity contribution < 1.29 is 4.79 Å². The molecule has 1 amide bonds. The van der Waals surface area contributed by atoms with Crippen LogP contribution in [0, 0.1) is 17.8 Å². The molecule has 4 aliphatic rings. The summed E-state index contributed by atoms with van der Waals surface area (Å²) in [5, 5.41) is 4.17. The van der Waals surface area contributed by atoms with Gasteiger partial charge >= 0.3 is 0 Å². The molecule has 0 saturated heterocycles. The summed E-state index contributed by atoms with van der Waals surface area (Å²) in [5.74, 6) is 2.73. The molecule has 6 rings (SSSR count). The van der Waals surface area contributed by atoms with Gasteiger partial charge < -0.3 is 10.3 Å². The number of para-hydroxylation sites is 2. The summed E-state index contributed by atoms with van der Waals surface area (Å²) < 4.78 is 0. The number of benzene rings is 1. The van der Waals surface area contributed by atoms with Crippen molar-refractivity contribution in [3.63, 3.8) is 0 Å². The third kappa shape index (κ3) is 2.86. The zero-order valence-corrected chi connectivity index (χ0v) is 15.4. The number of hydrogen-bond acceptors (Lipinski definition) is 3. The van der Waals surface area contributed by atoms with Crippen LogP contribution in [0.3, 0.4) is 0 Å². The fourth-order valence-corrected chi connectivity index (χ4v) is 6.65. The average Bonchev–Trinajstić information content (AvgIpc) is 2.95. The van der Waals surface area contributed by atoms with E-state index >= 15 is 0 Å². The number of carbonyl (C=O) groups excluding carboxylic acids is 1. The maximum atomic E-state index is 12.9. The molecule has 1 atom stereocenters. The van der Waals surface area contributed by atoms with Crippen molar-refractivity contribution >= 4 is 28.7 Å². The van der Waals surface area contributed by atoms with Crippen LogP contribution in [-0.2, 0) is 4.79 Å². The molecule has 132 valence electrons. The number of carbonyl (C=O) groups is 1. The van der Waals surface area contributed by atoms with Crippen LogP contribution in [0.25, 0.3) is 11.0 Å². The Morgan fingerprint density at radius 1 is 1.20 bits per heavy atom. The second-order valence-electron chi connectivity index (χ2n) is 8.51. The number of aromatic nitrogens is 2. The third-order valence-electron chi connectivity index (χ3n) is 6.45. The Bertz CT molecular complexity index is 746. The lowest BCUT2D eigenvalue weighted by atomic mass is 9.53. The van der Waals surface area contributed by atoms with Crippen molar-refractivity contribution in [2.45, 2.75) is 61.4 Å². The molecule has 0 aliphatic heterocycles. The highest BCUT2D eigenvalue weighted by molar-refractivity contribution is 8.00. The maximum absolute atomic E-state index is 12.9. The lowest BCUT2D eigenvalue weighted by Crippen LogP contribution is -2.60. The van der Waals surface area contributed by atoms with E-state index < -0.39 is 0 Å². The van der Waals surface area contributed by atoms with Gasteiger partial charge in [-0.1, -0.05) is 23.9 Å². The molecule has 4 saturated carbocycles. The normalized spacial score (nSPS) is 34.4. The van der Waals surface area contributed by atoms with E-state index in [1.54, 1.807) is 0 Å². The van der Waals surface area contributed by atoms with Crippen molar-refractivity contribution in [1.82, 2.24) is 15.3 Å². The Balaban J connectivity index is 1.27. The molecule has 4 aliphatic carbocycles. The molecule has 4 nitrogen and oxygen atoms in total. The summed E-state index contributed by atoms with van der Waals surface area (Å²) in [6.45, 7) is 1.99. The van der Waals surface area contributed by atoms with Crippen molar-refractivity contribution in [2.75, 3.05) is 0 Å². The summed E-state index contributed by atoms with van der Waals surface area (Å²) in [4.78, 5) is 20.8. The van der Waals surface area contributed by atoms with Crippen LogP contribution in [0.2, 0.25) is 0 Å². The SMILES string of the molecule is C[C@@H](Sc1nc2ccccc2[nH]1)C(=O)NC12CC3CC(CC(C3)C1)C2. The van der Waals surface area contributed by atoms with E-state index in [1.807, 2.05) is 31.2 Å². The monoisotopic (exact) mass is 355 g/mol. The van der Waals surface area contributed by atoms with Crippen LogP contribution in [0.15, 0.2) is 29.4 Å². The summed E-state index contributed by atoms with van der Waals surface area (Å²) >= 11 is 1.53. The van der Waals surface area contributed by atoms with Crippen molar-refractivity contribution in [1.29, 1.82) is 0 Å². The van der Waals surface area contributed by atoms with Gasteiger partial charge in [0, 0.05) is 5.54 Å². The number of fused-ring (bicyclic) bond motifs is 1. The summed E-state index contributed by atoms with van der Waals surface area (Å²) in [5.41, 5.74) is 2.08. The zero-order valence-electron chi connectivity index (χ0n) is 14.6. The third-order valence-corrected chi connectivity index (χ3v) is 7.44. The Labute approximate surface area is 152 Å². The second-order valence-corrected chi connectivity index (χ2v) is 9.84. The number of nitrogens with one attached hydrogen (secondary N) is 2. The van der Waals surface area contributed by atoms with E-state index in [9.17, 15) is 4.79 Å². The van der Waals surface area contributed by atoms with Gasteiger partial charge in [0.15, 0.2) is 5.16 Å². The lowest BCUT2D eigenvalue weighted by molar-refractivity contribution is -0.126. The quantitative estimate of drug-likeness (QED) is 0.811. The van der Waals surface area contributed by atoms with E-state index in [4.69, 9.17) is 0 Å². The Morgan fingerprint density at radius 2 is 1.84 bits per heavy atom. The highest BCUT2D eigenvalue weighted by atomic mass is 32.2. The van der Waals surface area contributed by atoms with E-state index in [-0.39, 0.29) is 16.7 Å². The van der Waals surface area contributed by atoms with Gasteiger partial charge in [-0.05, 0) is 75.3 Å². The van der Waals surface area contributed by atoms with Crippen LogP contribution < -0.4 is 5.32 Å². The van der Waals surface area contributed by atoms with E-state index in [2.05, 4.69) is 15.3 Å². The molecule has 25 heavy (non-hydrogen) atoms. The number of aromatic amines is 1. The molecule has 2 N–H and O–H groups in total. The van der Waals surface area contributed by atoms with E-state index in [0.717, 1.165) is 33.9 Å². The molecule has 0 radical (unpaired) electrons. The van der Waals surface area contributed by atoms with Gasteiger partial charge in [-0.3, -0.25) is 4.79 Å². The smallest absolute Gasteiger partial charge is 0.233 e. The Kier molecular flexibility index (Phi) is 3.63. The topological polar surface area (TPSA) is 57.8 Å². The Morgan fingerprint density at radius 3 is 2.48 bits per heavy atom. The number of rotatable bonds is 4. The first-order valence-corrected chi connectivity index (χ1v) is 10.4. The highest BCUT2D eigenvalue weighted by Crippen LogP contribution is 2.55. The predicted molar refractivity (Wildman–Crippen MR) is 100 cm³/mol. The number of H-pyrrole nitrogens is 1. The van der Waals surface area contributed by atoms with E-state index in [0.29, 0.717) is 0 Å². The molecule has 1 aromatic carbocycles. The molecule has 1 aromatic heterocycles. The van der Waals surface area contributed by atoms with Gasteiger partial charge in [0.1, 0.15) is 0 Å². The summed E-state index contributed by atoms with van der Waals surface area (Å²) in [7, 11) is 0. The maximum Gasteiger partial charge on any atom is 0.233 e. The molecular weight excluding hydrogens is 330 g/mol. The van der Waals surface area contributed by atoms with Gasteiger partial charge in [-0.15, -0.1) is 0 Å². The highest BCUT2D eigenvalue weighted by Gasteiger charge is 2.51. The molecule has 4 fully saturated rings. The first-order chi connectivity index (χ1) is 12.1. The van der Waals surface area contributed by atoms with Crippen molar-refractivity contribution in [3.8, 4) is 0 Å². The number of imidazole rings is 1. The minimum absolute atomic E-state index is 0.0918. The first-order valence-electron chi connectivity index (χ1n) is 9.52. The van der Waals surface area contributed by atoms with Crippen molar-refractivity contribution in [2.24, 2.45) is 17.8 Å². The number of amides is 1. The molecule has 0 spiro atoms. The molecule has 0 unspecified atom stereocenters. The first kappa shape index (κ1) is 15.7. The summed E-state index contributed by atoms with van der Waals surface area (Å²) in [6.07, 6.45) is 7.81. The van der Waals surface area contributed by atoms with Gasteiger partial charge in [0.25, 0.3) is 0 Å². The molecule has 5 heteroatoms. The van der Waals surface area contributed by atoms with Crippen LogP contribution in [0.1, 0.15) is 45.4 Å². The van der Waals surface area contributed by atoms with Gasteiger partial charge in [-0.25, -0.2) is 4.98 Å². The Hall–Kier alpha value is -1.49. The molecule has 4 bridgehead atoms. The number of nitrogens with zero attached hydrogens (tertiary/aromatic N) is 1. The fraction of sp³-hybridized carbons (Fsp3) is 0.600. The van der Waals surface area contributed by atoms with Gasteiger partial charge in [-0.2, -0.15) is 0 Å². The van der Waals surface area contributed by atoms with Crippen molar-refractivity contribution in [3.05, 3.63) is 24.3 Å². The minimum atomic E-state index is -0.131. The van der Waals surface area contributed by atoms with Crippen LogP contribution in [0.5, 0.6) is 0 Å². The van der Waals surface area contributed by atoms with Gasteiger partial charge in [0.05, 0.1) is 16.3 Å². The van der Waals surface area contributed by atoms with Crippen LogP contribution in [-0.4, -0.2) is 26.7 Å². The van der Waals surface area contributed by atoms with Crippen LogP contribution >= 0.6 is 11.8 Å². The van der Waals surface area contributed by atoms with Crippen LogP contribution in [0.4, 0.5) is 0 Å². The zero-order chi connectivity index (χ0) is 17.0. The molecular formula is C20H25N3OS. The lowest BCUT2D eigenvalue weighted by Gasteiger charge is -2.57. The fourth-order valence-electron chi connectivity index (χ4n) is 5.83. The second kappa shape index (κ2) is 5.76. The summed E-state index contributed by atoms with van der Waals surface area (Å²) in [6, 6.07) is 8.00. The molecule has 2 aromatic rings. The number of hydrogen-bond donors (Lipinski definition) is 2. The van der Waals surface area contributed by atoms with E-state index in [1.165, 1.54) is 50.3 Å². The predicted octanol–water partition coefficient (Wildman–Crippen LogP) is 4.13.